The SMILES string of the molecule is CN(C)CCCn1c(CCNC(=O)c2ccccc2F)nc2ccccc21. The van der Waals surface area contributed by atoms with Crippen LogP contribution in [0.1, 0.15) is 22.6 Å². The number of aryl methyl sites for hydroxylation is 1. The maximum atomic E-state index is 13.7. The van der Waals surface area contributed by atoms with E-state index in [4.69, 9.17) is 4.98 Å². The number of carbonyl (C=O) groups excluding carboxylic acids is 1. The maximum Gasteiger partial charge on any atom is 0.254 e. The molecule has 0 saturated heterocycles. The van der Waals surface area contributed by atoms with Gasteiger partial charge in [0.15, 0.2) is 0 Å². The third-order valence-corrected chi connectivity index (χ3v) is 4.47. The summed E-state index contributed by atoms with van der Waals surface area (Å²) in [7, 11) is 4.12. The second kappa shape index (κ2) is 8.77. The first kappa shape index (κ1) is 19.0. The van der Waals surface area contributed by atoms with Crippen molar-refractivity contribution in [3.63, 3.8) is 0 Å². The van der Waals surface area contributed by atoms with E-state index in [1.165, 1.54) is 12.1 Å². The summed E-state index contributed by atoms with van der Waals surface area (Å²) in [6.07, 6.45) is 1.61. The molecule has 0 aliphatic rings. The Morgan fingerprint density at radius 1 is 1.15 bits per heavy atom. The first-order chi connectivity index (χ1) is 13.1. The van der Waals surface area contributed by atoms with E-state index < -0.39 is 11.7 Å². The van der Waals surface area contributed by atoms with Crippen molar-refractivity contribution in [1.29, 1.82) is 0 Å². The number of para-hydroxylation sites is 2. The first-order valence-corrected chi connectivity index (χ1v) is 9.18. The summed E-state index contributed by atoms with van der Waals surface area (Å²) in [4.78, 5) is 19.1. The van der Waals surface area contributed by atoms with Crippen LogP contribution in [0.25, 0.3) is 11.0 Å². The van der Waals surface area contributed by atoms with Crippen molar-refractivity contribution in [2.24, 2.45) is 0 Å². The topological polar surface area (TPSA) is 50.2 Å². The molecular weight excluding hydrogens is 343 g/mol. The van der Waals surface area contributed by atoms with Gasteiger partial charge in [0.2, 0.25) is 0 Å². The number of nitrogens with one attached hydrogen (secondary N) is 1. The number of rotatable bonds is 8. The Morgan fingerprint density at radius 2 is 1.89 bits per heavy atom. The van der Waals surface area contributed by atoms with Crippen LogP contribution < -0.4 is 5.32 Å². The lowest BCUT2D eigenvalue weighted by Crippen LogP contribution is -2.27. The Hall–Kier alpha value is -2.73. The van der Waals surface area contributed by atoms with Crippen LogP contribution in [0, 0.1) is 5.82 Å². The van der Waals surface area contributed by atoms with E-state index in [1.807, 2.05) is 18.2 Å². The summed E-state index contributed by atoms with van der Waals surface area (Å²) in [6.45, 7) is 2.27. The first-order valence-electron chi connectivity index (χ1n) is 9.18. The van der Waals surface area contributed by atoms with Crippen LogP contribution >= 0.6 is 0 Å². The normalized spacial score (nSPS) is 11.3. The lowest BCUT2D eigenvalue weighted by molar-refractivity contribution is 0.0950. The predicted octanol–water partition coefficient (Wildman–Crippen LogP) is 3.10. The van der Waals surface area contributed by atoms with Crippen LogP contribution in [0.3, 0.4) is 0 Å². The molecule has 5 nitrogen and oxygen atoms in total. The highest BCUT2D eigenvalue weighted by Crippen LogP contribution is 2.17. The van der Waals surface area contributed by atoms with Crippen LogP contribution in [0.2, 0.25) is 0 Å². The quantitative estimate of drug-likeness (QED) is 0.665. The summed E-state index contributed by atoms with van der Waals surface area (Å²) in [6, 6.07) is 14.1. The van der Waals surface area contributed by atoms with Crippen molar-refractivity contribution in [3.8, 4) is 0 Å². The molecule has 27 heavy (non-hydrogen) atoms. The molecule has 1 heterocycles. The molecule has 142 valence electrons. The number of halogens is 1. The van der Waals surface area contributed by atoms with E-state index in [-0.39, 0.29) is 5.56 Å². The lowest BCUT2D eigenvalue weighted by Gasteiger charge is -2.13. The number of aromatic nitrogens is 2. The fourth-order valence-electron chi connectivity index (χ4n) is 3.14. The van der Waals surface area contributed by atoms with Crippen molar-refractivity contribution in [1.82, 2.24) is 19.8 Å². The van der Waals surface area contributed by atoms with Crippen molar-refractivity contribution in [2.75, 3.05) is 27.2 Å². The van der Waals surface area contributed by atoms with Crippen LogP contribution in [-0.2, 0) is 13.0 Å². The third-order valence-electron chi connectivity index (χ3n) is 4.47. The molecule has 6 heteroatoms. The molecule has 0 bridgehead atoms. The number of hydrogen-bond donors (Lipinski definition) is 1. The molecule has 3 aromatic rings. The molecule has 0 radical (unpaired) electrons. The van der Waals surface area contributed by atoms with E-state index in [2.05, 4.69) is 34.9 Å². The summed E-state index contributed by atoms with van der Waals surface area (Å²) in [5, 5.41) is 2.79. The van der Waals surface area contributed by atoms with Crippen LogP contribution in [0.5, 0.6) is 0 Å². The minimum atomic E-state index is -0.508. The Balaban J connectivity index is 1.68. The molecule has 0 unspecified atom stereocenters. The lowest BCUT2D eigenvalue weighted by atomic mass is 10.2. The van der Waals surface area contributed by atoms with Crippen LogP contribution in [0.15, 0.2) is 48.5 Å². The Kier molecular flexibility index (Phi) is 6.19. The molecule has 0 atom stereocenters. The molecule has 1 N–H and O–H groups in total. The fraction of sp³-hybridized carbons (Fsp3) is 0.333. The summed E-state index contributed by atoms with van der Waals surface area (Å²) in [5.41, 5.74) is 2.13. The summed E-state index contributed by atoms with van der Waals surface area (Å²) in [5.74, 6) is 0.0260. The van der Waals surface area contributed by atoms with Gasteiger partial charge in [-0.05, 0) is 51.3 Å². The second-order valence-corrected chi connectivity index (χ2v) is 6.81. The monoisotopic (exact) mass is 368 g/mol. The standard InChI is InChI=1S/C21H25FN4O/c1-25(2)14-7-15-26-19-11-6-5-10-18(19)24-20(26)12-13-23-21(27)16-8-3-4-9-17(16)22/h3-6,8-11H,7,12-15H2,1-2H3,(H,23,27). The van der Waals surface area contributed by atoms with Crippen molar-refractivity contribution in [3.05, 3.63) is 65.7 Å². The van der Waals surface area contributed by atoms with Crippen molar-refractivity contribution in [2.45, 2.75) is 19.4 Å². The molecule has 3 rings (SSSR count). The van der Waals surface area contributed by atoms with E-state index >= 15 is 0 Å². The largest absolute Gasteiger partial charge is 0.351 e. The van der Waals surface area contributed by atoms with Gasteiger partial charge in [-0.1, -0.05) is 24.3 Å². The highest BCUT2D eigenvalue weighted by molar-refractivity contribution is 5.94. The number of carbonyl (C=O) groups is 1. The van der Waals surface area contributed by atoms with Gasteiger partial charge in [0.1, 0.15) is 11.6 Å². The minimum absolute atomic E-state index is 0.0667. The number of amides is 1. The fourth-order valence-corrected chi connectivity index (χ4v) is 3.14. The molecular formula is C21H25FN4O. The van der Waals surface area contributed by atoms with E-state index in [0.29, 0.717) is 13.0 Å². The van der Waals surface area contributed by atoms with Crippen molar-refractivity contribution >= 4 is 16.9 Å². The average molecular weight is 368 g/mol. The van der Waals surface area contributed by atoms with Gasteiger partial charge < -0.3 is 14.8 Å². The van der Waals surface area contributed by atoms with E-state index in [9.17, 15) is 9.18 Å². The molecule has 0 aliphatic carbocycles. The number of benzene rings is 2. The van der Waals surface area contributed by atoms with E-state index in [0.717, 1.165) is 36.4 Å². The highest BCUT2D eigenvalue weighted by Gasteiger charge is 2.13. The van der Waals surface area contributed by atoms with Crippen LogP contribution in [-0.4, -0.2) is 47.5 Å². The van der Waals surface area contributed by atoms with Gasteiger partial charge in [-0.15, -0.1) is 0 Å². The van der Waals surface area contributed by atoms with Crippen LogP contribution in [0.4, 0.5) is 4.39 Å². The minimum Gasteiger partial charge on any atom is -0.351 e. The maximum absolute atomic E-state index is 13.7. The predicted molar refractivity (Wildman–Crippen MR) is 105 cm³/mol. The number of nitrogens with zero attached hydrogens (tertiary/aromatic N) is 3. The van der Waals surface area contributed by atoms with Gasteiger partial charge in [-0.25, -0.2) is 9.37 Å². The van der Waals surface area contributed by atoms with Gasteiger partial charge in [-0.3, -0.25) is 4.79 Å². The van der Waals surface area contributed by atoms with Crippen molar-refractivity contribution < 1.29 is 9.18 Å². The third kappa shape index (κ3) is 4.71. The number of hydrogen-bond acceptors (Lipinski definition) is 3. The van der Waals surface area contributed by atoms with Gasteiger partial charge in [0.05, 0.1) is 16.6 Å². The molecule has 1 amide bonds. The van der Waals surface area contributed by atoms with E-state index in [1.54, 1.807) is 12.1 Å². The molecule has 1 aromatic heterocycles. The van der Waals surface area contributed by atoms with Gasteiger partial charge in [0.25, 0.3) is 5.91 Å². The molecule has 2 aromatic carbocycles. The van der Waals surface area contributed by atoms with Gasteiger partial charge >= 0.3 is 0 Å². The Morgan fingerprint density at radius 3 is 2.67 bits per heavy atom. The molecule has 0 saturated carbocycles. The Bertz CT molecular complexity index is 919. The number of fused-ring (bicyclic) bond motifs is 1. The Labute approximate surface area is 158 Å². The summed E-state index contributed by atoms with van der Waals surface area (Å²) >= 11 is 0. The average Bonchev–Trinajstić information content (AvgIpc) is 2.99. The highest BCUT2D eigenvalue weighted by atomic mass is 19.1. The second-order valence-electron chi connectivity index (χ2n) is 6.81. The molecule has 0 aliphatic heterocycles. The number of imidazole rings is 1. The molecule has 0 fully saturated rings. The molecule has 0 spiro atoms. The smallest absolute Gasteiger partial charge is 0.254 e. The van der Waals surface area contributed by atoms with Gasteiger partial charge in [0, 0.05) is 19.5 Å². The zero-order chi connectivity index (χ0) is 19.2. The summed E-state index contributed by atoms with van der Waals surface area (Å²) < 4.78 is 15.9. The zero-order valence-electron chi connectivity index (χ0n) is 15.8. The zero-order valence-corrected chi connectivity index (χ0v) is 15.8. The van der Waals surface area contributed by atoms with Gasteiger partial charge in [-0.2, -0.15) is 0 Å².